The van der Waals surface area contributed by atoms with E-state index < -0.39 is 0 Å². The molecular formula is C8H15NaO3. The predicted molar refractivity (Wildman–Crippen MR) is 46.9 cm³/mol. The molecule has 12 heavy (non-hydrogen) atoms. The molecule has 1 aliphatic carbocycles. The molecule has 0 heterocycles. The van der Waals surface area contributed by atoms with E-state index in [0.717, 1.165) is 12.8 Å². The van der Waals surface area contributed by atoms with Gasteiger partial charge in [-0.2, -0.15) is 4.89 Å². The van der Waals surface area contributed by atoms with Gasteiger partial charge in [-0.25, -0.2) is 4.79 Å². The molecule has 4 heteroatoms. The molecular weight excluding hydrogens is 167 g/mol. The molecule has 0 aromatic heterocycles. The van der Waals surface area contributed by atoms with E-state index in [9.17, 15) is 4.79 Å². The van der Waals surface area contributed by atoms with E-state index in [2.05, 4.69) is 4.89 Å². The van der Waals surface area contributed by atoms with Crippen molar-refractivity contribution < 1.29 is 14.6 Å². The van der Waals surface area contributed by atoms with E-state index in [1.807, 2.05) is 0 Å². The van der Waals surface area contributed by atoms with Gasteiger partial charge in [0.05, 0.1) is 0 Å². The number of carbonyl (C=O) groups is 1. The average Bonchev–Trinajstić information content (AvgIpc) is 2.03. The Hall–Kier alpha value is 0.430. The summed E-state index contributed by atoms with van der Waals surface area (Å²) in [5.74, 6) is -0.365. The summed E-state index contributed by atoms with van der Waals surface area (Å²) in [5, 5.41) is 0. The van der Waals surface area contributed by atoms with Gasteiger partial charge in [-0.1, -0.05) is 19.3 Å². The standard InChI is InChI=1S/C8H14O3.Na.H/c1-7(9)10-11-8-5-3-2-4-6-8;;/h8H,2-6H2,1H3;;. The molecule has 0 bridgehead atoms. The zero-order valence-corrected chi connectivity index (χ0v) is 6.84. The molecule has 0 atom stereocenters. The Bertz CT molecular complexity index is 132. The van der Waals surface area contributed by atoms with Crippen molar-refractivity contribution in [1.82, 2.24) is 0 Å². The summed E-state index contributed by atoms with van der Waals surface area (Å²) in [6, 6.07) is 0. The van der Waals surface area contributed by atoms with Crippen molar-refractivity contribution in [2.75, 3.05) is 0 Å². The number of carbonyl (C=O) groups excluding carboxylic acids is 1. The van der Waals surface area contributed by atoms with Crippen molar-refractivity contribution in [3.63, 3.8) is 0 Å². The minimum atomic E-state index is -0.365. The first kappa shape index (κ1) is 12.4. The summed E-state index contributed by atoms with van der Waals surface area (Å²) in [6.45, 7) is 1.35. The Morgan fingerprint density at radius 1 is 1.25 bits per heavy atom. The first-order chi connectivity index (χ1) is 5.29. The van der Waals surface area contributed by atoms with Crippen LogP contribution in [0.25, 0.3) is 0 Å². The Balaban J connectivity index is 0.00000121. The zero-order chi connectivity index (χ0) is 8.10. The van der Waals surface area contributed by atoms with Crippen LogP contribution in [0.4, 0.5) is 0 Å². The third kappa shape index (κ3) is 5.14. The van der Waals surface area contributed by atoms with Gasteiger partial charge in [0, 0.05) is 6.92 Å². The van der Waals surface area contributed by atoms with E-state index in [4.69, 9.17) is 4.89 Å². The first-order valence-electron chi connectivity index (χ1n) is 4.13. The second kappa shape index (κ2) is 6.89. The second-order valence-electron chi connectivity index (χ2n) is 2.93. The molecule has 66 valence electrons. The van der Waals surface area contributed by atoms with Gasteiger partial charge in [0.2, 0.25) is 0 Å². The monoisotopic (exact) mass is 182 g/mol. The fourth-order valence-electron chi connectivity index (χ4n) is 1.30. The second-order valence-corrected chi connectivity index (χ2v) is 2.93. The summed E-state index contributed by atoms with van der Waals surface area (Å²) in [5.41, 5.74) is 0. The van der Waals surface area contributed by atoms with Crippen molar-refractivity contribution in [1.29, 1.82) is 0 Å². The molecule has 1 aliphatic rings. The molecule has 1 saturated carbocycles. The maximum atomic E-state index is 10.3. The average molecular weight is 182 g/mol. The fraction of sp³-hybridized carbons (Fsp3) is 0.875. The summed E-state index contributed by atoms with van der Waals surface area (Å²) < 4.78 is 0. The summed E-state index contributed by atoms with van der Waals surface area (Å²) >= 11 is 0. The van der Waals surface area contributed by atoms with E-state index in [-0.39, 0.29) is 41.6 Å². The van der Waals surface area contributed by atoms with E-state index in [1.54, 1.807) is 0 Å². The van der Waals surface area contributed by atoms with Crippen LogP contribution >= 0.6 is 0 Å². The molecule has 0 radical (unpaired) electrons. The van der Waals surface area contributed by atoms with Crippen molar-refractivity contribution in [2.24, 2.45) is 0 Å². The Kier molecular flexibility index (Phi) is 7.14. The number of hydrogen-bond donors (Lipinski definition) is 0. The van der Waals surface area contributed by atoms with Gasteiger partial charge in [0.25, 0.3) is 0 Å². The molecule has 0 aliphatic heterocycles. The van der Waals surface area contributed by atoms with Crippen LogP contribution in [0.5, 0.6) is 0 Å². The van der Waals surface area contributed by atoms with E-state index in [0.29, 0.717) is 0 Å². The van der Waals surface area contributed by atoms with Crippen molar-refractivity contribution >= 4 is 35.5 Å². The van der Waals surface area contributed by atoms with Crippen LogP contribution < -0.4 is 0 Å². The van der Waals surface area contributed by atoms with Crippen LogP contribution in [-0.2, 0) is 14.6 Å². The quantitative estimate of drug-likeness (QED) is 0.365. The molecule has 1 rings (SSSR count). The van der Waals surface area contributed by atoms with E-state index >= 15 is 0 Å². The topological polar surface area (TPSA) is 35.5 Å². The molecule has 0 unspecified atom stereocenters. The maximum absolute atomic E-state index is 10.3. The van der Waals surface area contributed by atoms with Gasteiger partial charge < -0.3 is 0 Å². The summed E-state index contributed by atoms with van der Waals surface area (Å²) in [4.78, 5) is 19.7. The zero-order valence-electron chi connectivity index (χ0n) is 6.84. The van der Waals surface area contributed by atoms with Gasteiger partial charge in [0.15, 0.2) is 0 Å². The van der Waals surface area contributed by atoms with Crippen molar-refractivity contribution in [2.45, 2.75) is 45.1 Å². The Labute approximate surface area is 95.0 Å². The van der Waals surface area contributed by atoms with Crippen LogP contribution in [0, 0.1) is 0 Å². The Morgan fingerprint density at radius 2 is 1.83 bits per heavy atom. The van der Waals surface area contributed by atoms with Crippen LogP contribution in [0.2, 0.25) is 0 Å². The molecule has 0 aromatic rings. The van der Waals surface area contributed by atoms with Crippen molar-refractivity contribution in [3.8, 4) is 0 Å². The van der Waals surface area contributed by atoms with Gasteiger partial charge in [-0.3, -0.25) is 4.89 Å². The first-order valence-corrected chi connectivity index (χ1v) is 4.13. The molecule has 0 aromatic carbocycles. The predicted octanol–water partition coefficient (Wildman–Crippen LogP) is 1.17. The summed E-state index contributed by atoms with van der Waals surface area (Å²) in [7, 11) is 0. The molecule has 0 saturated heterocycles. The SMILES string of the molecule is CC(=O)OOC1CCCCC1.[NaH]. The number of hydrogen-bond acceptors (Lipinski definition) is 3. The fourth-order valence-corrected chi connectivity index (χ4v) is 1.30. The minimum absolute atomic E-state index is 0. The molecule has 1 fully saturated rings. The Morgan fingerprint density at radius 3 is 2.33 bits per heavy atom. The molecule has 0 spiro atoms. The van der Waals surface area contributed by atoms with Gasteiger partial charge in [0.1, 0.15) is 6.10 Å². The van der Waals surface area contributed by atoms with Gasteiger partial charge in [-0.15, -0.1) is 0 Å². The van der Waals surface area contributed by atoms with Crippen LogP contribution in [0.15, 0.2) is 0 Å². The van der Waals surface area contributed by atoms with Crippen molar-refractivity contribution in [3.05, 3.63) is 0 Å². The third-order valence-corrected chi connectivity index (χ3v) is 1.85. The van der Waals surface area contributed by atoms with Gasteiger partial charge >= 0.3 is 35.5 Å². The third-order valence-electron chi connectivity index (χ3n) is 1.85. The summed E-state index contributed by atoms with van der Waals surface area (Å²) in [6.07, 6.45) is 5.84. The normalized spacial score (nSPS) is 18.1. The number of rotatable bonds is 2. The van der Waals surface area contributed by atoms with Crippen LogP contribution in [-0.4, -0.2) is 41.6 Å². The van der Waals surface area contributed by atoms with Crippen LogP contribution in [0.3, 0.4) is 0 Å². The molecule has 0 amide bonds. The van der Waals surface area contributed by atoms with Gasteiger partial charge in [-0.05, 0) is 12.8 Å². The molecule has 0 N–H and O–H groups in total. The van der Waals surface area contributed by atoms with E-state index in [1.165, 1.54) is 26.2 Å². The molecule has 3 nitrogen and oxygen atoms in total. The van der Waals surface area contributed by atoms with Crippen LogP contribution in [0.1, 0.15) is 39.0 Å².